The zero-order valence-corrected chi connectivity index (χ0v) is 56.9. The number of hydrogen-bond acceptors (Lipinski definition) is 10. The standard InChI is InChI=1S/C77H139NO10/c1-3-5-7-9-11-13-44-49-53-57-61-65-73(82)86-66-62-58-54-50-46-43-41-39-37-35-33-31-29-27-25-23-21-19-17-15-16-18-20-22-24-26-28-30-32-34-36-38-40-42-45-48-52-56-60-64-72(81)78-69(68-87-77-76(85)75(84)74(83)71(67-79)88-77)70(80)63-59-55-51-47-14-12-10-8-6-4-2/h6,8-9,11,14-16,19,21,47,59,63,69-71,74-77,79-80,83-85H,3-5,7,10,12-13,17-18,20,22-46,48-58,60-62,64-68H2,1-2H3,(H,78,81)/b8-6+,11-9-,16-15-,21-19-,47-14+,63-59+. The van der Waals surface area contributed by atoms with Gasteiger partial charge in [0.2, 0.25) is 5.91 Å². The van der Waals surface area contributed by atoms with E-state index in [-0.39, 0.29) is 18.5 Å². The van der Waals surface area contributed by atoms with Crippen molar-refractivity contribution in [3.05, 3.63) is 72.9 Å². The lowest BCUT2D eigenvalue weighted by Crippen LogP contribution is -2.60. The van der Waals surface area contributed by atoms with Crippen molar-refractivity contribution in [1.82, 2.24) is 5.32 Å². The lowest BCUT2D eigenvalue weighted by atomic mass is 9.99. The molecule has 0 aliphatic carbocycles. The van der Waals surface area contributed by atoms with Gasteiger partial charge >= 0.3 is 5.97 Å². The number of nitrogens with one attached hydrogen (secondary N) is 1. The van der Waals surface area contributed by atoms with Crippen molar-refractivity contribution < 1.29 is 49.3 Å². The maximum atomic E-state index is 13.0. The van der Waals surface area contributed by atoms with Gasteiger partial charge in [0.25, 0.3) is 0 Å². The summed E-state index contributed by atoms with van der Waals surface area (Å²) in [6, 6.07) is -0.832. The Morgan fingerprint density at radius 3 is 1.25 bits per heavy atom. The first-order valence-corrected chi connectivity index (χ1v) is 37.2. The van der Waals surface area contributed by atoms with Crippen molar-refractivity contribution >= 4 is 11.9 Å². The first kappa shape index (κ1) is 83.1. The Morgan fingerprint density at radius 2 is 0.807 bits per heavy atom. The highest BCUT2D eigenvalue weighted by Gasteiger charge is 2.44. The molecule has 1 saturated heterocycles. The van der Waals surface area contributed by atoms with Crippen LogP contribution >= 0.6 is 0 Å². The fourth-order valence-corrected chi connectivity index (χ4v) is 11.4. The van der Waals surface area contributed by atoms with Crippen molar-refractivity contribution in [3.63, 3.8) is 0 Å². The number of carbonyl (C=O) groups is 2. The molecule has 0 saturated carbocycles. The van der Waals surface area contributed by atoms with Crippen molar-refractivity contribution in [2.45, 2.75) is 384 Å². The normalized spacial score (nSPS) is 18.2. The summed E-state index contributed by atoms with van der Waals surface area (Å²) in [5, 5.41) is 54.3. The van der Waals surface area contributed by atoms with E-state index in [1.165, 1.54) is 238 Å². The maximum Gasteiger partial charge on any atom is 0.305 e. The van der Waals surface area contributed by atoms with Gasteiger partial charge in [0.05, 0.1) is 32.0 Å². The van der Waals surface area contributed by atoms with E-state index >= 15 is 0 Å². The van der Waals surface area contributed by atoms with Crippen molar-refractivity contribution in [3.8, 4) is 0 Å². The van der Waals surface area contributed by atoms with Crippen LogP contribution < -0.4 is 5.32 Å². The molecule has 88 heavy (non-hydrogen) atoms. The monoisotopic (exact) mass is 1240 g/mol. The zero-order chi connectivity index (χ0) is 63.7. The second kappa shape index (κ2) is 65.6. The number of amides is 1. The smallest absolute Gasteiger partial charge is 0.305 e. The number of rotatable bonds is 65. The molecule has 7 atom stereocenters. The summed E-state index contributed by atoms with van der Waals surface area (Å²) in [6.07, 6.45) is 79.5. The Kier molecular flexibility index (Phi) is 61.9. The molecule has 0 aromatic heterocycles. The van der Waals surface area contributed by atoms with Crippen molar-refractivity contribution in [1.29, 1.82) is 0 Å². The van der Waals surface area contributed by atoms with Crippen LogP contribution in [0.1, 0.15) is 341 Å². The van der Waals surface area contributed by atoms with Crippen LogP contribution in [0.25, 0.3) is 0 Å². The predicted molar refractivity (Wildman–Crippen MR) is 370 cm³/mol. The molecule has 11 heteroatoms. The lowest BCUT2D eigenvalue weighted by molar-refractivity contribution is -0.302. The van der Waals surface area contributed by atoms with E-state index in [0.29, 0.717) is 19.4 Å². The van der Waals surface area contributed by atoms with Gasteiger partial charge in [-0.15, -0.1) is 0 Å². The fourth-order valence-electron chi connectivity index (χ4n) is 11.4. The molecule has 512 valence electrons. The fraction of sp³-hybridized carbons (Fsp3) is 0.818. The topological polar surface area (TPSA) is 175 Å². The van der Waals surface area contributed by atoms with Gasteiger partial charge in [-0.05, 0) is 103 Å². The zero-order valence-electron chi connectivity index (χ0n) is 56.9. The average molecular weight is 1240 g/mol. The van der Waals surface area contributed by atoms with Gasteiger partial charge in [0.1, 0.15) is 24.4 Å². The lowest BCUT2D eigenvalue weighted by Gasteiger charge is -2.40. The maximum absolute atomic E-state index is 13.0. The van der Waals surface area contributed by atoms with E-state index in [1.54, 1.807) is 6.08 Å². The van der Waals surface area contributed by atoms with Gasteiger partial charge in [0.15, 0.2) is 6.29 Å². The third-order valence-corrected chi connectivity index (χ3v) is 17.3. The highest BCUT2D eigenvalue weighted by molar-refractivity contribution is 5.76. The summed E-state index contributed by atoms with van der Waals surface area (Å²) in [5.41, 5.74) is 0. The van der Waals surface area contributed by atoms with E-state index in [0.717, 1.165) is 77.0 Å². The molecule has 1 heterocycles. The van der Waals surface area contributed by atoms with Gasteiger partial charge in [-0.1, -0.05) is 299 Å². The van der Waals surface area contributed by atoms with Gasteiger partial charge in [-0.3, -0.25) is 9.59 Å². The number of allylic oxidation sites excluding steroid dienone is 11. The van der Waals surface area contributed by atoms with Crippen LogP contribution in [0.2, 0.25) is 0 Å². The molecule has 1 amide bonds. The van der Waals surface area contributed by atoms with E-state index in [4.69, 9.17) is 14.2 Å². The van der Waals surface area contributed by atoms with Gasteiger partial charge < -0.3 is 45.1 Å². The highest BCUT2D eigenvalue weighted by Crippen LogP contribution is 2.23. The minimum absolute atomic E-state index is 0.00282. The predicted octanol–water partition coefficient (Wildman–Crippen LogP) is 19.5. The number of carbonyl (C=O) groups excluding carboxylic acids is 2. The molecule has 0 bridgehead atoms. The van der Waals surface area contributed by atoms with E-state index in [2.05, 4.69) is 79.9 Å². The SMILES string of the molecule is CC/C=C/CC/C=C/CC/C=C/C(O)C(COC1OC(CO)C(O)C(O)C1O)NC(=O)CCCCCCCCCCCCCCCCCCC/C=C\C/C=C\CCCCCCCCCCCCCCCCCOC(=O)CCCCCCC/C=C\CCCC. The Bertz CT molecular complexity index is 1690. The summed E-state index contributed by atoms with van der Waals surface area (Å²) in [6.45, 7) is 4.19. The number of aliphatic hydroxyl groups excluding tert-OH is 5. The first-order chi connectivity index (χ1) is 43.2. The Balaban J connectivity index is 1.90. The number of aliphatic hydroxyl groups is 5. The number of hydrogen-bond donors (Lipinski definition) is 6. The summed E-state index contributed by atoms with van der Waals surface area (Å²) in [4.78, 5) is 25.0. The molecule has 7 unspecified atom stereocenters. The van der Waals surface area contributed by atoms with Crippen LogP contribution in [0.15, 0.2) is 72.9 Å². The molecule has 1 aliphatic heterocycles. The van der Waals surface area contributed by atoms with Crippen LogP contribution in [-0.2, 0) is 23.8 Å². The minimum atomic E-state index is -1.58. The molecule has 11 nitrogen and oxygen atoms in total. The quantitative estimate of drug-likeness (QED) is 0.0195. The molecule has 0 aromatic carbocycles. The van der Waals surface area contributed by atoms with Crippen molar-refractivity contribution in [2.24, 2.45) is 0 Å². The largest absolute Gasteiger partial charge is 0.466 e. The number of esters is 1. The molecular formula is C77H139NO10. The van der Waals surface area contributed by atoms with E-state index in [9.17, 15) is 35.1 Å². The van der Waals surface area contributed by atoms with Gasteiger partial charge in [0, 0.05) is 12.8 Å². The van der Waals surface area contributed by atoms with Crippen LogP contribution in [0.3, 0.4) is 0 Å². The Hall–Kier alpha value is -2.90. The Labute approximate surface area is 541 Å². The first-order valence-electron chi connectivity index (χ1n) is 37.2. The summed E-state index contributed by atoms with van der Waals surface area (Å²) in [5.74, 6) is -0.192. The molecule has 0 spiro atoms. The summed E-state index contributed by atoms with van der Waals surface area (Å²) >= 11 is 0. The van der Waals surface area contributed by atoms with Crippen LogP contribution in [0.4, 0.5) is 0 Å². The van der Waals surface area contributed by atoms with Crippen LogP contribution in [0.5, 0.6) is 0 Å². The molecule has 1 rings (SSSR count). The van der Waals surface area contributed by atoms with E-state index < -0.39 is 49.5 Å². The average Bonchev–Trinajstić information content (AvgIpc) is 3.12. The second-order valence-electron chi connectivity index (χ2n) is 25.6. The van der Waals surface area contributed by atoms with Gasteiger partial charge in [-0.25, -0.2) is 0 Å². The molecule has 0 aromatic rings. The molecular weight excluding hydrogens is 1100 g/mol. The third kappa shape index (κ3) is 53.7. The number of unbranched alkanes of at least 4 members (excludes halogenated alkanes) is 41. The molecule has 1 aliphatic rings. The number of ether oxygens (including phenoxy) is 3. The molecule has 0 radical (unpaired) electrons. The van der Waals surface area contributed by atoms with Gasteiger partial charge in [-0.2, -0.15) is 0 Å². The second-order valence-corrected chi connectivity index (χ2v) is 25.6. The minimum Gasteiger partial charge on any atom is -0.466 e. The Morgan fingerprint density at radius 1 is 0.432 bits per heavy atom. The van der Waals surface area contributed by atoms with Crippen LogP contribution in [-0.4, -0.2) is 100 Å². The highest BCUT2D eigenvalue weighted by atomic mass is 16.7. The van der Waals surface area contributed by atoms with E-state index in [1.807, 2.05) is 6.08 Å². The summed E-state index contributed by atoms with van der Waals surface area (Å²) < 4.78 is 16.7. The molecule has 6 N–H and O–H groups in total. The van der Waals surface area contributed by atoms with Crippen molar-refractivity contribution in [2.75, 3.05) is 19.8 Å². The molecule has 1 fully saturated rings. The summed E-state index contributed by atoms with van der Waals surface area (Å²) in [7, 11) is 0. The van der Waals surface area contributed by atoms with Crippen LogP contribution in [0, 0.1) is 0 Å². The third-order valence-electron chi connectivity index (χ3n) is 17.3.